The van der Waals surface area contributed by atoms with Crippen molar-refractivity contribution in [2.45, 2.75) is 0 Å². The molecule has 0 saturated heterocycles. The molecule has 0 aliphatic heterocycles. The van der Waals surface area contributed by atoms with Crippen LogP contribution >= 0.6 is 11.3 Å². The van der Waals surface area contributed by atoms with Crippen LogP contribution in [0.4, 0.5) is 0 Å². The number of rotatable bonds is 3. The standard InChI is InChI=1S/C11H9N3S/c12-14-13-6-1-2-9-3-4-10-5-7-15-11(10)8-9/h1-5,7-8H,6H2. The molecule has 15 heavy (non-hydrogen) atoms. The fraction of sp³-hybridized carbons (Fsp3) is 0.0909. The first-order valence-corrected chi connectivity index (χ1v) is 5.43. The average Bonchev–Trinajstić information content (AvgIpc) is 2.71. The molecular formula is C11H9N3S. The van der Waals surface area contributed by atoms with Crippen LogP contribution < -0.4 is 0 Å². The molecule has 0 spiro atoms. The zero-order valence-corrected chi connectivity index (χ0v) is 8.81. The monoisotopic (exact) mass is 215 g/mol. The predicted molar refractivity (Wildman–Crippen MR) is 64.9 cm³/mol. The van der Waals surface area contributed by atoms with E-state index in [2.05, 4.69) is 39.7 Å². The molecule has 0 radical (unpaired) electrons. The average molecular weight is 215 g/mol. The molecule has 2 rings (SSSR count). The highest BCUT2D eigenvalue weighted by Gasteiger charge is 1.94. The maximum atomic E-state index is 8.10. The molecule has 1 aromatic heterocycles. The van der Waals surface area contributed by atoms with Gasteiger partial charge in [0.15, 0.2) is 0 Å². The van der Waals surface area contributed by atoms with Crippen LogP contribution in [0.15, 0.2) is 40.8 Å². The van der Waals surface area contributed by atoms with E-state index in [0.29, 0.717) is 6.54 Å². The molecule has 0 fully saturated rings. The van der Waals surface area contributed by atoms with Crippen LogP contribution in [-0.2, 0) is 0 Å². The van der Waals surface area contributed by atoms with Gasteiger partial charge in [0.2, 0.25) is 0 Å². The molecular weight excluding hydrogens is 206 g/mol. The fourth-order valence-corrected chi connectivity index (χ4v) is 2.18. The Morgan fingerprint density at radius 1 is 1.40 bits per heavy atom. The quantitative estimate of drug-likeness (QED) is 0.418. The smallest absolute Gasteiger partial charge is 0.0443 e. The van der Waals surface area contributed by atoms with Gasteiger partial charge in [0.25, 0.3) is 0 Å². The number of benzene rings is 1. The van der Waals surface area contributed by atoms with Crippen molar-refractivity contribution in [2.75, 3.05) is 6.54 Å². The second-order valence-corrected chi connectivity index (χ2v) is 3.98. The van der Waals surface area contributed by atoms with E-state index < -0.39 is 0 Å². The van der Waals surface area contributed by atoms with Crippen LogP contribution in [0.3, 0.4) is 0 Å². The number of azide groups is 1. The molecule has 1 heterocycles. The third-order valence-corrected chi connectivity index (χ3v) is 2.92. The van der Waals surface area contributed by atoms with Gasteiger partial charge in [0.1, 0.15) is 0 Å². The number of hydrogen-bond acceptors (Lipinski definition) is 2. The van der Waals surface area contributed by atoms with Crippen LogP contribution in [0.1, 0.15) is 5.56 Å². The lowest BCUT2D eigenvalue weighted by molar-refractivity contribution is 1.22. The summed E-state index contributed by atoms with van der Waals surface area (Å²) >= 11 is 1.73. The van der Waals surface area contributed by atoms with Crippen molar-refractivity contribution in [3.05, 3.63) is 51.7 Å². The van der Waals surface area contributed by atoms with Crippen molar-refractivity contribution < 1.29 is 0 Å². The number of thiophene rings is 1. The first-order chi connectivity index (χ1) is 7.40. The molecule has 74 valence electrons. The summed E-state index contributed by atoms with van der Waals surface area (Å²) in [4.78, 5) is 2.68. The van der Waals surface area contributed by atoms with Gasteiger partial charge < -0.3 is 0 Å². The van der Waals surface area contributed by atoms with E-state index in [9.17, 15) is 0 Å². The lowest BCUT2D eigenvalue weighted by atomic mass is 10.1. The van der Waals surface area contributed by atoms with Crippen molar-refractivity contribution in [3.8, 4) is 0 Å². The summed E-state index contributed by atoms with van der Waals surface area (Å²) in [6.07, 6.45) is 3.82. The highest BCUT2D eigenvalue weighted by Crippen LogP contribution is 2.22. The summed E-state index contributed by atoms with van der Waals surface area (Å²) in [5, 5.41) is 6.79. The van der Waals surface area contributed by atoms with Crippen molar-refractivity contribution >= 4 is 27.5 Å². The first kappa shape index (κ1) is 9.77. The molecule has 4 heteroatoms. The second kappa shape index (κ2) is 4.64. The molecule has 0 bridgehead atoms. The number of hydrogen-bond donors (Lipinski definition) is 0. The fourth-order valence-electron chi connectivity index (χ4n) is 1.35. The molecule has 3 nitrogen and oxygen atoms in total. The molecule has 0 saturated carbocycles. The van der Waals surface area contributed by atoms with E-state index in [1.54, 1.807) is 11.3 Å². The minimum Gasteiger partial charge on any atom is -0.144 e. The predicted octanol–water partition coefficient (Wildman–Crippen LogP) is 4.22. The third kappa shape index (κ3) is 2.37. The van der Waals surface area contributed by atoms with E-state index in [1.807, 2.05) is 12.2 Å². The zero-order valence-electron chi connectivity index (χ0n) is 8.00. The molecule has 0 aliphatic rings. The van der Waals surface area contributed by atoms with E-state index in [0.717, 1.165) is 5.56 Å². The highest BCUT2D eigenvalue weighted by atomic mass is 32.1. The van der Waals surface area contributed by atoms with Gasteiger partial charge in [-0.1, -0.05) is 29.4 Å². The van der Waals surface area contributed by atoms with Gasteiger partial charge in [0, 0.05) is 16.2 Å². The molecule has 0 atom stereocenters. The van der Waals surface area contributed by atoms with E-state index >= 15 is 0 Å². The normalized spacial score (nSPS) is 10.7. The van der Waals surface area contributed by atoms with Crippen LogP contribution in [0.5, 0.6) is 0 Å². The lowest BCUT2D eigenvalue weighted by Crippen LogP contribution is -1.72. The Morgan fingerprint density at radius 2 is 2.33 bits per heavy atom. The van der Waals surface area contributed by atoms with Gasteiger partial charge in [-0.25, -0.2) is 0 Å². The SMILES string of the molecule is [N-]=[N+]=NCC=Cc1ccc2ccsc2c1. The van der Waals surface area contributed by atoms with Gasteiger partial charge in [-0.3, -0.25) is 0 Å². The zero-order chi connectivity index (χ0) is 10.5. The molecule has 0 unspecified atom stereocenters. The number of fused-ring (bicyclic) bond motifs is 1. The van der Waals surface area contributed by atoms with E-state index in [-0.39, 0.29) is 0 Å². The van der Waals surface area contributed by atoms with E-state index in [1.165, 1.54) is 10.1 Å². The Hall–Kier alpha value is -1.77. The van der Waals surface area contributed by atoms with Gasteiger partial charge in [-0.15, -0.1) is 11.3 Å². The molecule has 2 aromatic rings. The molecule has 1 aromatic carbocycles. The van der Waals surface area contributed by atoms with Crippen LogP contribution in [0.25, 0.3) is 26.6 Å². The largest absolute Gasteiger partial charge is 0.144 e. The molecule has 0 N–H and O–H groups in total. The maximum Gasteiger partial charge on any atom is 0.0443 e. The van der Waals surface area contributed by atoms with Crippen molar-refractivity contribution in [1.82, 2.24) is 0 Å². The van der Waals surface area contributed by atoms with Gasteiger partial charge in [-0.2, -0.15) is 0 Å². The minimum absolute atomic E-state index is 0.402. The van der Waals surface area contributed by atoms with Crippen molar-refractivity contribution in [1.29, 1.82) is 0 Å². The number of nitrogens with zero attached hydrogens (tertiary/aromatic N) is 3. The Bertz CT molecular complexity index is 536. The van der Waals surface area contributed by atoms with Gasteiger partial charge in [0.05, 0.1) is 0 Å². The van der Waals surface area contributed by atoms with Crippen LogP contribution in [0.2, 0.25) is 0 Å². The lowest BCUT2D eigenvalue weighted by Gasteiger charge is -1.93. The third-order valence-electron chi connectivity index (χ3n) is 2.04. The summed E-state index contributed by atoms with van der Waals surface area (Å²) in [6, 6.07) is 8.39. The first-order valence-electron chi connectivity index (χ1n) is 4.55. The van der Waals surface area contributed by atoms with Gasteiger partial charge in [-0.05, 0) is 34.0 Å². The summed E-state index contributed by atoms with van der Waals surface area (Å²) in [5.74, 6) is 0. The Kier molecular flexibility index (Phi) is 3.02. The summed E-state index contributed by atoms with van der Waals surface area (Å²) in [5.41, 5.74) is 9.24. The van der Waals surface area contributed by atoms with Crippen molar-refractivity contribution in [3.63, 3.8) is 0 Å². The summed E-state index contributed by atoms with van der Waals surface area (Å²) < 4.78 is 1.28. The Labute approximate surface area is 91.3 Å². The minimum atomic E-state index is 0.402. The Balaban J connectivity index is 2.20. The maximum absolute atomic E-state index is 8.10. The van der Waals surface area contributed by atoms with Crippen LogP contribution in [-0.4, -0.2) is 6.54 Å². The Morgan fingerprint density at radius 3 is 3.20 bits per heavy atom. The second-order valence-electron chi connectivity index (χ2n) is 3.03. The van der Waals surface area contributed by atoms with E-state index in [4.69, 9.17) is 5.53 Å². The highest BCUT2D eigenvalue weighted by molar-refractivity contribution is 7.17. The summed E-state index contributed by atoms with van der Waals surface area (Å²) in [7, 11) is 0. The van der Waals surface area contributed by atoms with Crippen molar-refractivity contribution in [2.24, 2.45) is 5.11 Å². The topological polar surface area (TPSA) is 48.8 Å². The molecule has 0 amide bonds. The molecule has 0 aliphatic carbocycles. The summed E-state index contributed by atoms with van der Waals surface area (Å²) in [6.45, 7) is 0.402. The van der Waals surface area contributed by atoms with Gasteiger partial charge >= 0.3 is 0 Å². The van der Waals surface area contributed by atoms with Crippen LogP contribution in [0, 0.1) is 0 Å².